The van der Waals surface area contributed by atoms with Gasteiger partial charge in [0.15, 0.2) is 18.4 Å². The third-order valence-corrected chi connectivity index (χ3v) is 13.7. The van der Waals surface area contributed by atoms with Crippen molar-refractivity contribution < 1.29 is 47.5 Å². The Hall–Kier alpha value is -1.70. The smallest absolute Gasteiger partial charge is 0.306 e. The van der Waals surface area contributed by atoms with E-state index in [1.54, 1.807) is 14.2 Å². The van der Waals surface area contributed by atoms with E-state index >= 15 is 0 Å². The average molecular weight is 760 g/mol. The number of carbonyl (C=O) groups excluding carboxylic acids is 2. The van der Waals surface area contributed by atoms with Crippen LogP contribution < -0.4 is 0 Å². The van der Waals surface area contributed by atoms with Gasteiger partial charge in [-0.1, -0.05) is 31.6 Å². The van der Waals surface area contributed by atoms with Gasteiger partial charge in [0, 0.05) is 38.7 Å². The molecule has 4 fully saturated rings. The van der Waals surface area contributed by atoms with Crippen molar-refractivity contribution in [1.29, 1.82) is 0 Å². The number of allylic oxidation sites excluding steroid dienone is 4. The molecule has 11 heteroatoms. The van der Waals surface area contributed by atoms with Crippen molar-refractivity contribution in [2.24, 2.45) is 35.5 Å². The molecule has 0 spiro atoms. The highest BCUT2D eigenvalue weighted by molar-refractivity contribution is 5.99. The number of ether oxygens (including phenoxy) is 8. The summed E-state index contributed by atoms with van der Waals surface area (Å²) in [6.45, 7) is 12.9. The minimum absolute atomic E-state index is 0.0361. The van der Waals surface area contributed by atoms with Crippen molar-refractivity contribution in [2.45, 2.75) is 167 Å². The molecule has 0 aromatic carbocycles. The maximum atomic E-state index is 14.8. The van der Waals surface area contributed by atoms with Gasteiger partial charge in [-0.15, -0.1) is 0 Å². The fourth-order valence-electron chi connectivity index (χ4n) is 10.9. The van der Waals surface area contributed by atoms with Crippen LogP contribution in [0.15, 0.2) is 23.3 Å². The van der Waals surface area contributed by atoms with Crippen molar-refractivity contribution in [3.63, 3.8) is 0 Å². The second-order valence-corrected chi connectivity index (χ2v) is 17.2. The number of carbonyl (C=O) groups is 2. The summed E-state index contributed by atoms with van der Waals surface area (Å²) in [5, 5.41) is 0. The predicted octanol–water partition coefficient (Wildman–Crippen LogP) is 6.27. The lowest BCUT2D eigenvalue weighted by Gasteiger charge is -2.44. The van der Waals surface area contributed by atoms with E-state index < -0.39 is 12.4 Å². The molecule has 0 aromatic rings. The van der Waals surface area contributed by atoms with Crippen LogP contribution in [0.25, 0.3) is 0 Å². The maximum absolute atomic E-state index is 14.8. The van der Waals surface area contributed by atoms with E-state index in [1.165, 1.54) is 5.57 Å². The Morgan fingerprint density at radius 3 is 2.26 bits per heavy atom. The molecule has 0 aromatic heterocycles. The lowest BCUT2D eigenvalue weighted by Crippen LogP contribution is -2.60. The summed E-state index contributed by atoms with van der Waals surface area (Å²) in [6.07, 6.45) is 8.61. The highest BCUT2D eigenvalue weighted by atomic mass is 16.7. The monoisotopic (exact) mass is 759 g/mol. The van der Waals surface area contributed by atoms with Crippen LogP contribution in [0, 0.1) is 35.5 Å². The van der Waals surface area contributed by atoms with Gasteiger partial charge in [0.05, 0.1) is 30.8 Å². The number of Topliss-reactive ketones (excluding diaryl/α,β-unsaturated/α-hetero) is 1. The van der Waals surface area contributed by atoms with Crippen LogP contribution in [-0.4, -0.2) is 119 Å². The predicted molar refractivity (Wildman–Crippen MR) is 203 cm³/mol. The Kier molecular flexibility index (Phi) is 14.2. The van der Waals surface area contributed by atoms with Gasteiger partial charge in [0.25, 0.3) is 0 Å². The molecule has 0 radical (unpaired) electrons. The zero-order valence-corrected chi connectivity index (χ0v) is 34.6. The number of fused-ring (bicyclic) bond motifs is 5. The van der Waals surface area contributed by atoms with E-state index in [9.17, 15) is 9.59 Å². The number of cyclic esters (lactones) is 1. The normalized spacial score (nSPS) is 44.7. The number of ketones is 1. The zero-order chi connectivity index (χ0) is 38.8. The summed E-state index contributed by atoms with van der Waals surface area (Å²) in [5.41, 5.74) is 2.08. The van der Waals surface area contributed by atoms with Crippen LogP contribution in [0.4, 0.5) is 0 Å². The van der Waals surface area contributed by atoms with E-state index in [-0.39, 0.29) is 96.8 Å². The van der Waals surface area contributed by atoms with Crippen LogP contribution >= 0.6 is 0 Å². The van der Waals surface area contributed by atoms with Gasteiger partial charge >= 0.3 is 5.97 Å². The topological polar surface area (TPSA) is 111 Å². The minimum Gasteiger partial charge on any atom is -0.462 e. The number of nitrogens with zero attached hydrogens (tertiary/aromatic N) is 1. The summed E-state index contributed by atoms with van der Waals surface area (Å²) < 4.78 is 50.3. The number of rotatable bonds is 10. The summed E-state index contributed by atoms with van der Waals surface area (Å²) >= 11 is 0. The number of hydrogen-bond acceptors (Lipinski definition) is 11. The van der Waals surface area contributed by atoms with E-state index in [1.807, 2.05) is 20.8 Å². The van der Waals surface area contributed by atoms with Gasteiger partial charge in [-0.25, -0.2) is 0 Å². The average Bonchev–Trinajstić information content (AvgIpc) is 3.71. The van der Waals surface area contributed by atoms with Crippen LogP contribution in [0.1, 0.15) is 99.3 Å². The Balaban J connectivity index is 1.23. The number of hydrogen-bond donors (Lipinski definition) is 0. The molecule has 1 saturated carbocycles. The summed E-state index contributed by atoms with van der Waals surface area (Å²) in [5.74, 6) is 0.00892. The highest BCUT2D eigenvalue weighted by Crippen LogP contribution is 2.56. The number of likely N-dealkylation sites (N-methyl/N-ethyl adjacent to an activating group) is 1. The minimum atomic E-state index is -0.597. The van der Waals surface area contributed by atoms with Gasteiger partial charge in [-0.3, -0.25) is 9.59 Å². The quantitative estimate of drug-likeness (QED) is 0.186. The Bertz CT molecular complexity index is 1350. The van der Waals surface area contributed by atoms with E-state index in [2.05, 4.69) is 51.9 Å². The molecule has 0 N–H and O–H groups in total. The second kappa shape index (κ2) is 18.3. The molecular formula is C43H69NO10. The third kappa shape index (κ3) is 8.74. The molecule has 3 aliphatic heterocycles. The molecule has 3 aliphatic carbocycles. The van der Waals surface area contributed by atoms with Gasteiger partial charge in [-0.05, 0) is 122 Å². The third-order valence-electron chi connectivity index (χ3n) is 13.7. The van der Waals surface area contributed by atoms with Gasteiger partial charge in [0.1, 0.15) is 24.4 Å². The molecule has 0 amide bonds. The summed E-state index contributed by atoms with van der Waals surface area (Å²) in [6, 6.07) is 0.337. The highest BCUT2D eigenvalue weighted by Gasteiger charge is 2.54. The molecule has 6 rings (SSSR count). The molecular weight excluding hydrogens is 690 g/mol. The summed E-state index contributed by atoms with van der Waals surface area (Å²) in [7, 11) is 7.53. The first-order valence-electron chi connectivity index (χ1n) is 21.0. The first-order valence-corrected chi connectivity index (χ1v) is 21.0. The molecule has 306 valence electrons. The van der Waals surface area contributed by atoms with Crippen molar-refractivity contribution in [3.05, 3.63) is 23.3 Å². The van der Waals surface area contributed by atoms with Crippen molar-refractivity contribution in [2.75, 3.05) is 34.9 Å². The fourth-order valence-corrected chi connectivity index (χ4v) is 10.9. The fraction of sp³-hybridized carbons (Fsp3) is 0.860. The Morgan fingerprint density at radius 2 is 1.59 bits per heavy atom. The lowest BCUT2D eigenvalue weighted by molar-refractivity contribution is -0.317. The maximum Gasteiger partial charge on any atom is 0.306 e. The van der Waals surface area contributed by atoms with E-state index in [4.69, 9.17) is 37.9 Å². The van der Waals surface area contributed by atoms with Crippen LogP contribution in [0.3, 0.4) is 0 Å². The second-order valence-electron chi connectivity index (χ2n) is 17.2. The number of esters is 1. The van der Waals surface area contributed by atoms with Crippen molar-refractivity contribution in [1.82, 2.24) is 4.90 Å². The zero-order valence-electron chi connectivity index (χ0n) is 34.6. The Labute approximate surface area is 324 Å². The van der Waals surface area contributed by atoms with Gasteiger partial charge in [0.2, 0.25) is 0 Å². The Morgan fingerprint density at radius 1 is 0.833 bits per heavy atom. The van der Waals surface area contributed by atoms with E-state index in [0.29, 0.717) is 25.0 Å². The number of methoxy groups -OCH3 is 2. The molecule has 6 aliphatic rings. The molecule has 3 saturated heterocycles. The largest absolute Gasteiger partial charge is 0.462 e. The van der Waals surface area contributed by atoms with Gasteiger partial charge < -0.3 is 42.8 Å². The van der Waals surface area contributed by atoms with E-state index in [0.717, 1.165) is 50.5 Å². The standard InChI is InChI=1S/C43H69NO10/c1-11-27-14-13-15-36(54-38-17-16-35(44(7)8)25(5)50-38)24(4)39(46)34-21-32-30(33(34)22-37(45)52-27)18-23(3)29-19-28(20-31(29)32)53-43-42(48-10)41(49-12-2)40(47-9)26(6)51-43/h18,21,24-33,35-36,38,40-43H,11-17,19-20,22H2,1-10H3/t24-,25-,26+,27+,28-,29+,30-,31-,32-,33+,35+,36+,38-,40+,41-,42-,43-/m1/s1. The van der Waals surface area contributed by atoms with Crippen LogP contribution in [0.2, 0.25) is 0 Å². The van der Waals surface area contributed by atoms with Gasteiger partial charge in [-0.2, -0.15) is 0 Å². The first-order chi connectivity index (χ1) is 25.9. The molecule has 3 heterocycles. The first kappa shape index (κ1) is 41.9. The summed E-state index contributed by atoms with van der Waals surface area (Å²) in [4.78, 5) is 30.6. The molecule has 0 unspecified atom stereocenters. The molecule has 0 bridgehead atoms. The van der Waals surface area contributed by atoms with Crippen LogP contribution in [-0.2, 0) is 47.5 Å². The van der Waals surface area contributed by atoms with Crippen LogP contribution in [0.5, 0.6) is 0 Å². The van der Waals surface area contributed by atoms with Crippen molar-refractivity contribution in [3.8, 4) is 0 Å². The SMILES string of the molecule is CCO[C@@H]1[C@@H](OC)[C@H](C)O[C@H](O[C@H]2C[C@H]3[C@@H]4C=C5C(=O)[C@H](C)[C@@H](O[C@@H]6CC[C@H](N(C)C)[C@@H](C)O6)CCC[C@H](CC)OC(=O)C[C@H]5[C@@H]4C=C(C)[C@@H]3C2)[C@@H]1OC. The molecule has 54 heavy (non-hydrogen) atoms. The lowest BCUT2D eigenvalue weighted by atomic mass is 9.67. The molecule has 17 atom stereocenters. The molecule has 11 nitrogen and oxygen atoms in total. The van der Waals surface area contributed by atoms with Crippen molar-refractivity contribution >= 4 is 11.8 Å².